The number of nitrogens with one attached hydrogen (secondary N) is 1. The van der Waals surface area contributed by atoms with Crippen LogP contribution in [0.1, 0.15) is 5.56 Å². The Morgan fingerprint density at radius 3 is 2.78 bits per heavy atom. The van der Waals surface area contributed by atoms with Crippen LogP contribution in [0.2, 0.25) is 0 Å². The van der Waals surface area contributed by atoms with E-state index in [0.29, 0.717) is 11.6 Å². The van der Waals surface area contributed by atoms with Gasteiger partial charge in [-0.1, -0.05) is 15.9 Å². The summed E-state index contributed by atoms with van der Waals surface area (Å²) in [7, 11) is -3.35. The molecular formula is C10H10BrN3O3S. The maximum Gasteiger partial charge on any atom is 0.247 e. The molecule has 0 bridgehead atoms. The normalized spacial score (nSPS) is 11.4. The van der Waals surface area contributed by atoms with Crippen LogP contribution in [0.3, 0.4) is 0 Å². The van der Waals surface area contributed by atoms with Gasteiger partial charge in [0.25, 0.3) is 0 Å². The van der Waals surface area contributed by atoms with Gasteiger partial charge in [0.1, 0.15) is 4.66 Å². The summed E-state index contributed by atoms with van der Waals surface area (Å²) in [4.78, 5) is 0. The summed E-state index contributed by atoms with van der Waals surface area (Å²) in [6, 6.07) is 5.15. The van der Waals surface area contributed by atoms with Crippen molar-refractivity contribution in [3.05, 3.63) is 30.2 Å². The molecule has 0 aliphatic heterocycles. The first kappa shape index (κ1) is 13.0. The largest absolute Gasteiger partial charge is 0.423 e. The standard InChI is InChI=1S/C10H10BrN3O3S/c1-7-4-8(10-13-12-6-17-10)2-3-9(7)14-18(15,16)5-11/h2-4,6,14H,5H2,1H3. The van der Waals surface area contributed by atoms with Gasteiger partial charge < -0.3 is 4.42 Å². The van der Waals surface area contributed by atoms with Crippen LogP contribution >= 0.6 is 15.9 Å². The lowest BCUT2D eigenvalue weighted by molar-refractivity contribution is 0.568. The second-order valence-electron chi connectivity index (χ2n) is 3.60. The molecule has 2 aromatic rings. The van der Waals surface area contributed by atoms with E-state index in [9.17, 15) is 8.42 Å². The highest BCUT2D eigenvalue weighted by Crippen LogP contribution is 2.24. The Morgan fingerprint density at radius 2 is 2.22 bits per heavy atom. The van der Waals surface area contributed by atoms with Crippen molar-refractivity contribution in [1.29, 1.82) is 0 Å². The Hall–Kier alpha value is -1.41. The fourth-order valence-corrected chi connectivity index (χ4v) is 2.37. The maximum atomic E-state index is 11.4. The molecule has 0 spiro atoms. The average Bonchev–Trinajstić information content (AvgIpc) is 2.85. The monoisotopic (exact) mass is 331 g/mol. The molecule has 0 saturated heterocycles. The Balaban J connectivity index is 2.32. The van der Waals surface area contributed by atoms with E-state index >= 15 is 0 Å². The smallest absolute Gasteiger partial charge is 0.247 e. The third-order valence-corrected chi connectivity index (χ3v) is 4.87. The lowest BCUT2D eigenvalue weighted by atomic mass is 10.1. The quantitative estimate of drug-likeness (QED) is 0.867. The molecule has 2 rings (SSSR count). The first-order valence-electron chi connectivity index (χ1n) is 4.95. The van der Waals surface area contributed by atoms with Crippen molar-refractivity contribution in [1.82, 2.24) is 10.2 Å². The molecule has 18 heavy (non-hydrogen) atoms. The van der Waals surface area contributed by atoms with Gasteiger partial charge in [-0.3, -0.25) is 4.72 Å². The molecule has 0 radical (unpaired) electrons. The number of hydrogen-bond acceptors (Lipinski definition) is 5. The molecular weight excluding hydrogens is 322 g/mol. The summed E-state index contributed by atoms with van der Waals surface area (Å²) in [6.07, 6.45) is 1.24. The van der Waals surface area contributed by atoms with E-state index in [1.807, 2.05) is 0 Å². The molecule has 0 atom stereocenters. The number of anilines is 1. The molecule has 96 valence electrons. The van der Waals surface area contributed by atoms with Crippen molar-refractivity contribution in [2.75, 3.05) is 9.38 Å². The number of hydrogen-bond donors (Lipinski definition) is 1. The maximum absolute atomic E-state index is 11.4. The van der Waals surface area contributed by atoms with Crippen LogP contribution in [-0.2, 0) is 10.0 Å². The van der Waals surface area contributed by atoms with Gasteiger partial charge in [-0.15, -0.1) is 10.2 Å². The first-order valence-corrected chi connectivity index (χ1v) is 7.73. The van der Waals surface area contributed by atoms with Crippen molar-refractivity contribution in [3.8, 4) is 11.5 Å². The second kappa shape index (κ2) is 5.07. The molecule has 0 unspecified atom stereocenters. The van der Waals surface area contributed by atoms with Crippen molar-refractivity contribution >= 4 is 31.6 Å². The van der Waals surface area contributed by atoms with E-state index in [1.54, 1.807) is 25.1 Å². The Bertz CT molecular complexity index is 640. The Morgan fingerprint density at radius 1 is 1.44 bits per heavy atom. The third-order valence-electron chi connectivity index (χ3n) is 2.24. The predicted octanol–water partition coefficient (Wildman–Crippen LogP) is 2.14. The highest BCUT2D eigenvalue weighted by Gasteiger charge is 2.11. The third kappa shape index (κ3) is 2.88. The van der Waals surface area contributed by atoms with Gasteiger partial charge in [0, 0.05) is 5.56 Å². The molecule has 0 aliphatic rings. The van der Waals surface area contributed by atoms with E-state index < -0.39 is 10.0 Å². The van der Waals surface area contributed by atoms with Gasteiger partial charge >= 0.3 is 0 Å². The van der Waals surface area contributed by atoms with Gasteiger partial charge in [-0.2, -0.15) is 0 Å². The van der Waals surface area contributed by atoms with Crippen molar-refractivity contribution in [3.63, 3.8) is 0 Å². The van der Waals surface area contributed by atoms with Crippen molar-refractivity contribution in [2.45, 2.75) is 6.92 Å². The van der Waals surface area contributed by atoms with Crippen molar-refractivity contribution < 1.29 is 12.8 Å². The topological polar surface area (TPSA) is 85.1 Å². The first-order chi connectivity index (χ1) is 8.52. The van der Waals surface area contributed by atoms with Crippen molar-refractivity contribution in [2.24, 2.45) is 0 Å². The van der Waals surface area contributed by atoms with Crippen LogP contribution < -0.4 is 4.72 Å². The number of rotatable bonds is 4. The minimum Gasteiger partial charge on any atom is -0.423 e. The highest BCUT2D eigenvalue weighted by atomic mass is 79.9. The molecule has 8 heteroatoms. The number of nitrogens with zero attached hydrogens (tertiary/aromatic N) is 2. The highest BCUT2D eigenvalue weighted by molar-refractivity contribution is 9.10. The van der Waals surface area contributed by atoms with Crippen LogP contribution in [0, 0.1) is 6.92 Å². The molecule has 0 saturated carbocycles. The molecule has 6 nitrogen and oxygen atoms in total. The summed E-state index contributed by atoms with van der Waals surface area (Å²) in [6.45, 7) is 1.80. The molecule has 1 aromatic heterocycles. The Labute approximate surface area is 113 Å². The summed E-state index contributed by atoms with van der Waals surface area (Å²) >= 11 is 2.92. The van der Waals surface area contributed by atoms with Gasteiger partial charge in [-0.25, -0.2) is 8.42 Å². The summed E-state index contributed by atoms with van der Waals surface area (Å²) in [5.74, 6) is 0.396. The average molecular weight is 332 g/mol. The molecule has 0 aliphatic carbocycles. The molecule has 1 N–H and O–H groups in total. The zero-order valence-electron chi connectivity index (χ0n) is 9.42. The minimum absolute atomic E-state index is 0.148. The second-order valence-corrected chi connectivity index (χ2v) is 6.62. The molecule has 0 amide bonds. The van der Waals surface area contributed by atoms with Crippen LogP contribution in [0.4, 0.5) is 5.69 Å². The summed E-state index contributed by atoms with van der Waals surface area (Å²) in [5.41, 5.74) is 2.04. The number of aromatic nitrogens is 2. The molecule has 0 fully saturated rings. The zero-order chi connectivity index (χ0) is 13.2. The van der Waals surface area contributed by atoms with Crippen LogP contribution in [0.15, 0.2) is 29.0 Å². The fraction of sp³-hybridized carbons (Fsp3) is 0.200. The molecule has 1 aromatic carbocycles. The minimum atomic E-state index is -3.35. The Kier molecular flexibility index (Phi) is 3.67. The summed E-state index contributed by atoms with van der Waals surface area (Å²) in [5, 5.41) is 7.37. The number of alkyl halides is 1. The van der Waals surface area contributed by atoms with Crippen LogP contribution in [-0.4, -0.2) is 23.3 Å². The van der Waals surface area contributed by atoms with E-state index in [-0.39, 0.29) is 4.66 Å². The van der Waals surface area contributed by atoms with Gasteiger partial charge in [0.2, 0.25) is 22.3 Å². The van der Waals surface area contributed by atoms with Crippen LogP contribution in [0.5, 0.6) is 0 Å². The zero-order valence-corrected chi connectivity index (χ0v) is 11.8. The van der Waals surface area contributed by atoms with Gasteiger partial charge in [-0.05, 0) is 30.7 Å². The number of sulfonamides is 1. The van der Waals surface area contributed by atoms with E-state index in [2.05, 4.69) is 30.8 Å². The molecule has 1 heterocycles. The van der Waals surface area contributed by atoms with Gasteiger partial charge in [0.05, 0.1) is 5.69 Å². The number of halogens is 1. The SMILES string of the molecule is Cc1cc(-c2nnco2)ccc1NS(=O)(=O)CBr. The van der Waals surface area contributed by atoms with E-state index in [1.165, 1.54) is 6.39 Å². The van der Waals surface area contributed by atoms with E-state index in [4.69, 9.17) is 4.42 Å². The lowest BCUT2D eigenvalue weighted by Crippen LogP contribution is -2.13. The lowest BCUT2D eigenvalue weighted by Gasteiger charge is -2.09. The predicted molar refractivity (Wildman–Crippen MR) is 70.8 cm³/mol. The summed E-state index contributed by atoms with van der Waals surface area (Å²) < 4.78 is 30.3. The van der Waals surface area contributed by atoms with Gasteiger partial charge in [0.15, 0.2) is 0 Å². The number of aryl methyl sites for hydroxylation is 1. The fourth-order valence-electron chi connectivity index (χ4n) is 1.40. The van der Waals surface area contributed by atoms with Crippen LogP contribution in [0.25, 0.3) is 11.5 Å². The van der Waals surface area contributed by atoms with E-state index in [0.717, 1.165) is 11.1 Å². The number of benzene rings is 1.